The van der Waals surface area contributed by atoms with Gasteiger partial charge in [-0.3, -0.25) is 0 Å². The Hall–Kier alpha value is -1.81. The number of ether oxygens (including phenoxy) is 1. The second-order valence-electron chi connectivity index (χ2n) is 5.58. The maximum Gasteiger partial charge on any atom is 0.119 e. The minimum atomic E-state index is 0.0155. The highest BCUT2D eigenvalue weighted by atomic mass is 16.5. The molecule has 0 aliphatic rings. The normalized spacial score (nSPS) is 11.6. The van der Waals surface area contributed by atoms with E-state index >= 15 is 0 Å². The van der Waals surface area contributed by atoms with Crippen molar-refractivity contribution in [1.29, 1.82) is 0 Å². The first-order chi connectivity index (χ1) is 8.95. The summed E-state index contributed by atoms with van der Waals surface area (Å²) < 4.78 is 7.07. The molecule has 0 bridgehead atoms. The summed E-state index contributed by atoms with van der Waals surface area (Å²) in [5.41, 5.74) is 8.88. The molecule has 1 aromatic heterocycles. The second-order valence-corrected chi connectivity index (χ2v) is 5.58. The van der Waals surface area contributed by atoms with Crippen LogP contribution in [0, 0.1) is 0 Å². The van der Waals surface area contributed by atoms with E-state index in [-0.39, 0.29) is 5.41 Å². The van der Waals surface area contributed by atoms with Gasteiger partial charge in [0.05, 0.1) is 24.2 Å². The molecule has 0 radical (unpaired) electrons. The fraction of sp³-hybridized carbons (Fsp3) is 0.400. The molecule has 0 aliphatic carbocycles. The van der Waals surface area contributed by atoms with Gasteiger partial charge in [0, 0.05) is 12.0 Å². The van der Waals surface area contributed by atoms with E-state index in [0.29, 0.717) is 6.54 Å². The smallest absolute Gasteiger partial charge is 0.119 e. The van der Waals surface area contributed by atoms with E-state index in [1.54, 1.807) is 7.11 Å². The summed E-state index contributed by atoms with van der Waals surface area (Å²) in [5.74, 6) is 0.834. The Kier molecular flexibility index (Phi) is 3.62. The number of rotatable bonds is 3. The summed E-state index contributed by atoms with van der Waals surface area (Å²) in [5, 5.41) is 4.67. The highest BCUT2D eigenvalue weighted by Crippen LogP contribution is 2.24. The number of methoxy groups -OCH3 is 1. The number of hydrogen-bond acceptors (Lipinski definition) is 3. The molecule has 0 saturated carbocycles. The minimum Gasteiger partial charge on any atom is -0.497 e. The second kappa shape index (κ2) is 5.05. The van der Waals surface area contributed by atoms with Crippen LogP contribution in [0.2, 0.25) is 0 Å². The molecule has 102 valence electrons. The van der Waals surface area contributed by atoms with Crippen LogP contribution in [0.15, 0.2) is 30.3 Å². The molecule has 0 fully saturated rings. The Morgan fingerprint density at radius 3 is 2.32 bits per heavy atom. The van der Waals surface area contributed by atoms with Gasteiger partial charge in [-0.2, -0.15) is 5.10 Å². The van der Waals surface area contributed by atoms with E-state index in [0.717, 1.165) is 22.8 Å². The first kappa shape index (κ1) is 13.6. The molecule has 0 spiro atoms. The summed E-state index contributed by atoms with van der Waals surface area (Å²) in [6, 6.07) is 9.89. The monoisotopic (exact) mass is 259 g/mol. The zero-order valence-corrected chi connectivity index (χ0v) is 12.0. The van der Waals surface area contributed by atoms with Crippen molar-refractivity contribution < 1.29 is 4.74 Å². The molecule has 0 saturated heterocycles. The number of nitrogens with two attached hydrogens (primary N) is 1. The SMILES string of the molecule is COc1ccc(-n2nc(C(C)(C)C)cc2CN)cc1. The van der Waals surface area contributed by atoms with Crippen molar-refractivity contribution >= 4 is 0 Å². The summed E-state index contributed by atoms with van der Waals surface area (Å²) in [6.07, 6.45) is 0. The average molecular weight is 259 g/mol. The van der Waals surface area contributed by atoms with Crippen molar-refractivity contribution in [2.24, 2.45) is 5.73 Å². The predicted molar refractivity (Wildman–Crippen MR) is 76.7 cm³/mol. The zero-order chi connectivity index (χ0) is 14.0. The van der Waals surface area contributed by atoms with Gasteiger partial charge in [0.15, 0.2) is 0 Å². The van der Waals surface area contributed by atoms with E-state index in [9.17, 15) is 0 Å². The third kappa shape index (κ3) is 2.79. The van der Waals surface area contributed by atoms with Crippen molar-refractivity contribution in [1.82, 2.24) is 9.78 Å². The van der Waals surface area contributed by atoms with Crippen molar-refractivity contribution in [2.75, 3.05) is 7.11 Å². The number of benzene rings is 1. The molecule has 4 nitrogen and oxygen atoms in total. The van der Waals surface area contributed by atoms with E-state index < -0.39 is 0 Å². The Balaban J connectivity index is 2.45. The van der Waals surface area contributed by atoms with Crippen LogP contribution in [-0.2, 0) is 12.0 Å². The van der Waals surface area contributed by atoms with Gasteiger partial charge in [0.25, 0.3) is 0 Å². The zero-order valence-electron chi connectivity index (χ0n) is 12.0. The summed E-state index contributed by atoms with van der Waals surface area (Å²) >= 11 is 0. The number of hydrogen-bond donors (Lipinski definition) is 1. The van der Waals surface area contributed by atoms with Crippen LogP contribution in [0.4, 0.5) is 0 Å². The van der Waals surface area contributed by atoms with Crippen LogP contribution in [0.25, 0.3) is 5.69 Å². The molecule has 2 rings (SSSR count). The lowest BCUT2D eigenvalue weighted by molar-refractivity contribution is 0.414. The van der Waals surface area contributed by atoms with Crippen LogP contribution in [0.1, 0.15) is 32.2 Å². The van der Waals surface area contributed by atoms with Gasteiger partial charge in [0.1, 0.15) is 5.75 Å². The molecule has 2 N–H and O–H groups in total. The lowest BCUT2D eigenvalue weighted by Gasteiger charge is -2.14. The third-order valence-electron chi connectivity index (χ3n) is 3.08. The quantitative estimate of drug-likeness (QED) is 0.922. The molecule has 2 aromatic rings. The Bertz CT molecular complexity index is 550. The van der Waals surface area contributed by atoms with E-state index in [4.69, 9.17) is 10.5 Å². The maximum absolute atomic E-state index is 5.82. The van der Waals surface area contributed by atoms with Crippen LogP contribution >= 0.6 is 0 Å². The molecule has 0 atom stereocenters. The van der Waals surface area contributed by atoms with Crippen molar-refractivity contribution in [3.8, 4) is 11.4 Å². The highest BCUT2D eigenvalue weighted by Gasteiger charge is 2.19. The lowest BCUT2D eigenvalue weighted by Crippen LogP contribution is -2.12. The van der Waals surface area contributed by atoms with Crippen LogP contribution < -0.4 is 10.5 Å². The van der Waals surface area contributed by atoms with Crippen LogP contribution in [0.5, 0.6) is 5.75 Å². The lowest BCUT2D eigenvalue weighted by atomic mass is 9.92. The molecule has 4 heteroatoms. The fourth-order valence-electron chi connectivity index (χ4n) is 1.88. The Morgan fingerprint density at radius 1 is 1.21 bits per heavy atom. The van der Waals surface area contributed by atoms with E-state index in [1.807, 2.05) is 28.9 Å². The predicted octanol–water partition coefficient (Wildman–Crippen LogP) is 2.64. The Labute approximate surface area is 114 Å². The van der Waals surface area contributed by atoms with Gasteiger partial charge < -0.3 is 10.5 Å². The Morgan fingerprint density at radius 2 is 1.84 bits per heavy atom. The van der Waals surface area contributed by atoms with Crippen molar-refractivity contribution in [2.45, 2.75) is 32.7 Å². The molecular formula is C15H21N3O. The first-order valence-corrected chi connectivity index (χ1v) is 6.39. The standard InChI is InChI=1S/C15H21N3O/c1-15(2,3)14-9-12(10-16)18(17-14)11-5-7-13(19-4)8-6-11/h5-9H,10,16H2,1-4H3. The molecule has 1 aromatic carbocycles. The first-order valence-electron chi connectivity index (χ1n) is 6.39. The third-order valence-corrected chi connectivity index (χ3v) is 3.08. The van der Waals surface area contributed by atoms with Gasteiger partial charge in [0.2, 0.25) is 0 Å². The number of nitrogens with zero attached hydrogens (tertiary/aromatic N) is 2. The van der Waals surface area contributed by atoms with Gasteiger partial charge in [-0.1, -0.05) is 20.8 Å². The van der Waals surface area contributed by atoms with Gasteiger partial charge >= 0.3 is 0 Å². The topological polar surface area (TPSA) is 53.1 Å². The molecular weight excluding hydrogens is 238 g/mol. The molecule has 0 aliphatic heterocycles. The van der Waals surface area contributed by atoms with E-state index in [2.05, 4.69) is 31.9 Å². The van der Waals surface area contributed by atoms with Crippen LogP contribution in [0.3, 0.4) is 0 Å². The molecule has 19 heavy (non-hydrogen) atoms. The molecule has 0 unspecified atom stereocenters. The largest absolute Gasteiger partial charge is 0.497 e. The fourth-order valence-corrected chi connectivity index (χ4v) is 1.88. The van der Waals surface area contributed by atoms with Gasteiger partial charge in [-0.05, 0) is 30.3 Å². The van der Waals surface area contributed by atoms with Crippen molar-refractivity contribution in [3.63, 3.8) is 0 Å². The van der Waals surface area contributed by atoms with Crippen molar-refractivity contribution in [3.05, 3.63) is 41.7 Å². The maximum atomic E-state index is 5.82. The minimum absolute atomic E-state index is 0.0155. The number of aromatic nitrogens is 2. The van der Waals surface area contributed by atoms with Crippen LogP contribution in [-0.4, -0.2) is 16.9 Å². The van der Waals surface area contributed by atoms with Gasteiger partial charge in [-0.15, -0.1) is 0 Å². The summed E-state index contributed by atoms with van der Waals surface area (Å²) in [4.78, 5) is 0. The van der Waals surface area contributed by atoms with E-state index in [1.165, 1.54) is 0 Å². The summed E-state index contributed by atoms with van der Waals surface area (Å²) in [7, 11) is 1.66. The average Bonchev–Trinajstić information content (AvgIpc) is 2.83. The summed E-state index contributed by atoms with van der Waals surface area (Å²) in [6.45, 7) is 6.91. The highest BCUT2D eigenvalue weighted by molar-refractivity contribution is 5.39. The van der Waals surface area contributed by atoms with Gasteiger partial charge in [-0.25, -0.2) is 4.68 Å². The molecule has 0 amide bonds. The molecule has 1 heterocycles.